The Morgan fingerprint density at radius 3 is 2.00 bits per heavy atom. The lowest BCUT2D eigenvalue weighted by Gasteiger charge is -2.45. The average molecular weight is 658 g/mol. The number of anilines is 1. The smallest absolute Gasteiger partial charge is 0.305 e. The Hall–Kier alpha value is -3.72. The first-order valence-corrected chi connectivity index (χ1v) is 19.9. The van der Waals surface area contributed by atoms with Crippen molar-refractivity contribution in [2.24, 2.45) is 5.92 Å². The second-order valence-electron chi connectivity index (χ2n) is 14.1. The molecule has 2 aromatic carbocycles. The molecule has 0 spiro atoms. The standard InChI is InChI=1S/C38H55N5O3Si/c1-5-6-7-8-9-10-11-12-19-24-33(44)46-28-29(27-32-40-34-35(41-32)42-37(39)43-36(34)45)25-26-47(38(2,3)4,30-20-15-13-16-21-30)31-22-17-14-18-23-31/h13-18,20-23,29H,5-12,19,24-28H2,1-4H3,(H4,39,40,41,42,43,45). The van der Waals surface area contributed by atoms with Crippen molar-refractivity contribution < 1.29 is 9.53 Å². The van der Waals surface area contributed by atoms with Crippen LogP contribution in [-0.4, -0.2) is 40.6 Å². The highest BCUT2D eigenvalue weighted by molar-refractivity contribution is 7.04. The van der Waals surface area contributed by atoms with Crippen molar-refractivity contribution in [3.05, 3.63) is 76.8 Å². The number of hydrogen-bond acceptors (Lipinski definition) is 6. The van der Waals surface area contributed by atoms with Gasteiger partial charge in [0.2, 0.25) is 5.95 Å². The second-order valence-corrected chi connectivity index (χ2v) is 19.1. The van der Waals surface area contributed by atoms with Gasteiger partial charge in [-0.1, -0.05) is 150 Å². The van der Waals surface area contributed by atoms with Gasteiger partial charge >= 0.3 is 5.97 Å². The van der Waals surface area contributed by atoms with Gasteiger partial charge in [0.15, 0.2) is 11.2 Å². The molecule has 4 rings (SSSR count). The third kappa shape index (κ3) is 9.89. The predicted octanol–water partition coefficient (Wildman–Crippen LogP) is 7.30. The first kappa shape index (κ1) is 36.1. The number of ether oxygens (including phenoxy) is 1. The molecular weight excluding hydrogens is 603 g/mol. The summed E-state index contributed by atoms with van der Waals surface area (Å²) in [6, 6.07) is 22.8. The Kier molecular flexibility index (Phi) is 13.4. The van der Waals surface area contributed by atoms with Gasteiger partial charge in [-0.25, -0.2) is 4.98 Å². The SMILES string of the molecule is CCCCCCCCCCCC(=O)OCC(CC[Si](c1ccccc1)(c1ccccc1)C(C)(C)C)Cc1nc2nc(N)[nH]c(=O)c2[nH]1. The van der Waals surface area contributed by atoms with E-state index in [-0.39, 0.29) is 28.4 Å². The fourth-order valence-corrected chi connectivity index (χ4v) is 12.8. The van der Waals surface area contributed by atoms with Crippen LogP contribution in [0.15, 0.2) is 65.5 Å². The number of imidazole rings is 1. The number of carbonyl (C=O) groups excluding carboxylic acids is 1. The number of carbonyl (C=O) groups is 1. The molecule has 4 N–H and O–H groups in total. The summed E-state index contributed by atoms with van der Waals surface area (Å²) in [5.41, 5.74) is 6.04. The zero-order valence-corrected chi connectivity index (χ0v) is 29.9. The molecule has 0 saturated carbocycles. The summed E-state index contributed by atoms with van der Waals surface area (Å²) in [5, 5.41) is 2.81. The molecule has 47 heavy (non-hydrogen) atoms. The summed E-state index contributed by atoms with van der Waals surface area (Å²) in [5.74, 6) is 0.542. The van der Waals surface area contributed by atoms with Gasteiger partial charge in [-0.15, -0.1) is 0 Å². The lowest BCUT2D eigenvalue weighted by Crippen LogP contribution is -2.64. The molecule has 1 unspecified atom stereocenters. The zero-order chi connectivity index (χ0) is 33.7. The van der Waals surface area contributed by atoms with Crippen LogP contribution >= 0.6 is 0 Å². The van der Waals surface area contributed by atoms with Crippen molar-refractivity contribution >= 4 is 41.5 Å². The van der Waals surface area contributed by atoms with Gasteiger partial charge in [0.25, 0.3) is 5.56 Å². The number of H-pyrrole nitrogens is 2. The molecule has 0 aliphatic heterocycles. The first-order chi connectivity index (χ1) is 22.6. The number of aromatic amines is 2. The average Bonchev–Trinajstić information content (AvgIpc) is 3.46. The van der Waals surface area contributed by atoms with Crippen LogP contribution in [0.25, 0.3) is 11.2 Å². The molecule has 9 heteroatoms. The minimum absolute atomic E-state index is 0.000658. The number of benzene rings is 2. The van der Waals surface area contributed by atoms with E-state index in [9.17, 15) is 9.59 Å². The van der Waals surface area contributed by atoms with E-state index >= 15 is 0 Å². The number of hydrogen-bond donors (Lipinski definition) is 3. The number of aromatic nitrogens is 4. The van der Waals surface area contributed by atoms with Crippen molar-refractivity contribution in [1.29, 1.82) is 0 Å². The van der Waals surface area contributed by atoms with E-state index in [1.165, 1.54) is 55.3 Å². The van der Waals surface area contributed by atoms with E-state index < -0.39 is 8.07 Å². The van der Waals surface area contributed by atoms with Gasteiger partial charge in [-0.3, -0.25) is 14.6 Å². The number of rotatable bonds is 19. The molecule has 4 aromatic rings. The largest absolute Gasteiger partial charge is 0.465 e. The van der Waals surface area contributed by atoms with Gasteiger partial charge in [0, 0.05) is 12.8 Å². The van der Waals surface area contributed by atoms with Crippen molar-refractivity contribution in [2.75, 3.05) is 12.3 Å². The highest BCUT2D eigenvalue weighted by atomic mass is 28.3. The lowest BCUT2D eigenvalue weighted by atomic mass is 10.0. The highest BCUT2D eigenvalue weighted by Gasteiger charge is 2.47. The molecule has 0 saturated heterocycles. The number of esters is 1. The van der Waals surface area contributed by atoms with E-state index in [4.69, 9.17) is 10.5 Å². The minimum Gasteiger partial charge on any atom is -0.465 e. The molecule has 0 aliphatic carbocycles. The topological polar surface area (TPSA) is 127 Å². The molecule has 2 aromatic heterocycles. The molecule has 1 atom stereocenters. The number of nitrogens with zero attached hydrogens (tertiary/aromatic N) is 2. The van der Waals surface area contributed by atoms with E-state index in [1.807, 2.05) is 0 Å². The van der Waals surface area contributed by atoms with Crippen molar-refractivity contribution in [1.82, 2.24) is 19.9 Å². The minimum atomic E-state index is -2.33. The fourth-order valence-electron chi connectivity index (χ4n) is 7.01. The Morgan fingerprint density at radius 1 is 0.851 bits per heavy atom. The third-order valence-corrected chi connectivity index (χ3v) is 15.9. The van der Waals surface area contributed by atoms with Crippen LogP contribution in [0.5, 0.6) is 0 Å². The van der Waals surface area contributed by atoms with Crippen LogP contribution < -0.4 is 21.7 Å². The molecular formula is C38H55N5O3Si. The Labute approximate surface area is 281 Å². The Balaban J connectivity index is 1.50. The molecule has 0 amide bonds. The van der Waals surface area contributed by atoms with Crippen LogP contribution in [0.2, 0.25) is 11.1 Å². The molecule has 8 nitrogen and oxygen atoms in total. The zero-order valence-electron chi connectivity index (χ0n) is 28.9. The van der Waals surface area contributed by atoms with E-state index in [2.05, 4.69) is 108 Å². The molecule has 0 fully saturated rings. The highest BCUT2D eigenvalue weighted by Crippen LogP contribution is 2.40. The molecule has 0 aliphatic rings. The maximum atomic E-state index is 12.9. The molecule has 254 valence electrons. The monoisotopic (exact) mass is 657 g/mol. The van der Waals surface area contributed by atoms with Crippen LogP contribution in [0.4, 0.5) is 5.95 Å². The summed E-state index contributed by atoms with van der Waals surface area (Å²) in [6.45, 7) is 9.63. The van der Waals surface area contributed by atoms with Crippen molar-refractivity contribution in [3.63, 3.8) is 0 Å². The Bertz CT molecular complexity index is 1540. The van der Waals surface area contributed by atoms with E-state index in [0.717, 1.165) is 25.3 Å². The summed E-state index contributed by atoms with van der Waals surface area (Å²) in [4.78, 5) is 40.0. The van der Waals surface area contributed by atoms with Gasteiger partial charge in [-0.2, -0.15) is 4.98 Å². The predicted molar refractivity (Wildman–Crippen MR) is 196 cm³/mol. The molecule has 0 radical (unpaired) electrons. The van der Waals surface area contributed by atoms with Crippen LogP contribution in [0.1, 0.15) is 104 Å². The van der Waals surface area contributed by atoms with Crippen molar-refractivity contribution in [3.8, 4) is 0 Å². The maximum Gasteiger partial charge on any atom is 0.305 e. The number of unbranched alkanes of at least 4 members (excludes halogenated alkanes) is 8. The number of nitrogen functional groups attached to an aromatic ring is 1. The van der Waals surface area contributed by atoms with E-state index in [0.29, 0.717) is 36.4 Å². The van der Waals surface area contributed by atoms with Crippen LogP contribution in [0, 0.1) is 5.92 Å². The number of nitrogens with one attached hydrogen (secondary N) is 2. The lowest BCUT2D eigenvalue weighted by molar-refractivity contribution is -0.145. The van der Waals surface area contributed by atoms with Gasteiger partial charge in [0.05, 0.1) is 6.61 Å². The summed E-state index contributed by atoms with van der Waals surface area (Å²) >= 11 is 0. The van der Waals surface area contributed by atoms with Gasteiger partial charge < -0.3 is 15.5 Å². The number of nitrogens with two attached hydrogens (primary N) is 1. The first-order valence-electron chi connectivity index (χ1n) is 17.6. The van der Waals surface area contributed by atoms with Gasteiger partial charge in [0.1, 0.15) is 13.9 Å². The second kappa shape index (κ2) is 17.4. The Morgan fingerprint density at radius 2 is 1.43 bits per heavy atom. The maximum absolute atomic E-state index is 12.9. The quantitative estimate of drug-likeness (QED) is 0.0552. The van der Waals surface area contributed by atoms with Crippen LogP contribution in [0.3, 0.4) is 0 Å². The van der Waals surface area contributed by atoms with E-state index in [1.54, 1.807) is 0 Å². The van der Waals surface area contributed by atoms with Crippen molar-refractivity contribution in [2.45, 2.75) is 116 Å². The summed E-state index contributed by atoms with van der Waals surface area (Å²) in [7, 11) is -2.33. The molecule has 0 bridgehead atoms. The normalized spacial score (nSPS) is 12.8. The summed E-state index contributed by atoms with van der Waals surface area (Å²) in [6.07, 6.45) is 12.7. The third-order valence-electron chi connectivity index (χ3n) is 9.62. The van der Waals surface area contributed by atoms with Gasteiger partial charge in [-0.05, 0) is 29.8 Å². The number of fused-ring (bicyclic) bond motifs is 1. The summed E-state index contributed by atoms with van der Waals surface area (Å²) < 4.78 is 5.96. The van der Waals surface area contributed by atoms with Crippen LogP contribution in [-0.2, 0) is 16.0 Å². The molecule has 2 heterocycles. The fraction of sp³-hybridized carbons (Fsp3) is 0.526.